The molecule has 0 spiro atoms. The molecule has 0 heterocycles. The van der Waals surface area contributed by atoms with Crippen molar-refractivity contribution in [2.75, 3.05) is 0 Å². The van der Waals surface area contributed by atoms with Gasteiger partial charge in [-0.25, -0.2) is 0 Å². The van der Waals surface area contributed by atoms with Crippen molar-refractivity contribution in [1.82, 2.24) is 0 Å². The largest absolute Gasteiger partial charge is 0.197 e. The molecule has 0 unspecified atom stereocenters. The SMILES string of the molecule is CCCCCCCCC1(C#N)C=CCC=C1. The summed E-state index contributed by atoms with van der Waals surface area (Å²) in [4.78, 5) is 0. The first-order chi connectivity index (χ1) is 7.83. The van der Waals surface area contributed by atoms with Gasteiger partial charge in [-0.3, -0.25) is 0 Å². The first-order valence-electron chi connectivity index (χ1n) is 6.59. The van der Waals surface area contributed by atoms with Gasteiger partial charge in [-0.1, -0.05) is 69.8 Å². The number of hydrogen-bond donors (Lipinski definition) is 0. The van der Waals surface area contributed by atoms with E-state index >= 15 is 0 Å². The minimum atomic E-state index is -0.289. The standard InChI is InChI=1S/C15H23N/c1-2-3-4-5-6-8-11-15(14-16)12-9-7-10-13-15/h9-10,12-13H,2-8,11H2,1H3. The minimum absolute atomic E-state index is 0.289. The van der Waals surface area contributed by atoms with Crippen molar-refractivity contribution in [1.29, 1.82) is 5.26 Å². The highest BCUT2D eigenvalue weighted by molar-refractivity contribution is 5.26. The molecule has 88 valence electrons. The van der Waals surface area contributed by atoms with Crippen molar-refractivity contribution < 1.29 is 0 Å². The normalized spacial score (nSPS) is 17.2. The second-order valence-corrected chi connectivity index (χ2v) is 4.71. The highest BCUT2D eigenvalue weighted by Gasteiger charge is 2.23. The second-order valence-electron chi connectivity index (χ2n) is 4.71. The Hall–Kier alpha value is -1.03. The van der Waals surface area contributed by atoms with Gasteiger partial charge in [-0.2, -0.15) is 5.26 Å². The summed E-state index contributed by atoms with van der Waals surface area (Å²) in [5.74, 6) is 0. The van der Waals surface area contributed by atoms with Crippen LogP contribution in [0.5, 0.6) is 0 Å². The lowest BCUT2D eigenvalue weighted by atomic mass is 9.81. The third kappa shape index (κ3) is 4.23. The van der Waals surface area contributed by atoms with Crippen LogP contribution in [0.4, 0.5) is 0 Å². The van der Waals surface area contributed by atoms with E-state index in [9.17, 15) is 5.26 Å². The molecule has 1 aliphatic carbocycles. The van der Waals surface area contributed by atoms with Gasteiger partial charge in [0.1, 0.15) is 0 Å². The van der Waals surface area contributed by atoms with Gasteiger partial charge in [-0.15, -0.1) is 0 Å². The molecule has 1 rings (SSSR count). The molecule has 1 aliphatic rings. The Balaban J connectivity index is 2.20. The number of nitrogens with zero attached hydrogens (tertiary/aromatic N) is 1. The molecule has 0 saturated carbocycles. The van der Waals surface area contributed by atoms with Crippen molar-refractivity contribution in [2.24, 2.45) is 5.41 Å². The summed E-state index contributed by atoms with van der Waals surface area (Å²) < 4.78 is 0. The summed E-state index contributed by atoms with van der Waals surface area (Å²) in [5, 5.41) is 9.23. The Morgan fingerprint density at radius 2 is 1.69 bits per heavy atom. The Bertz CT molecular complexity index is 268. The molecule has 16 heavy (non-hydrogen) atoms. The van der Waals surface area contributed by atoms with Crippen LogP contribution in [0, 0.1) is 16.7 Å². The molecule has 0 N–H and O–H groups in total. The molecule has 0 fully saturated rings. The molecule has 0 amide bonds. The lowest BCUT2D eigenvalue weighted by molar-refractivity contribution is 0.503. The fraction of sp³-hybridized carbons (Fsp3) is 0.667. The smallest absolute Gasteiger partial charge is 0.0933 e. The summed E-state index contributed by atoms with van der Waals surface area (Å²) in [6.07, 6.45) is 18.1. The molecule has 0 aromatic carbocycles. The van der Waals surface area contributed by atoms with Crippen LogP contribution in [0.3, 0.4) is 0 Å². The highest BCUT2D eigenvalue weighted by Crippen LogP contribution is 2.30. The summed E-state index contributed by atoms with van der Waals surface area (Å²) >= 11 is 0. The fourth-order valence-corrected chi connectivity index (χ4v) is 2.19. The number of hydrogen-bond acceptors (Lipinski definition) is 1. The zero-order chi connectivity index (χ0) is 11.7. The molecule has 0 aliphatic heterocycles. The van der Waals surface area contributed by atoms with E-state index in [0.29, 0.717) is 0 Å². The van der Waals surface area contributed by atoms with E-state index in [1.54, 1.807) is 0 Å². The molecule has 0 saturated heterocycles. The van der Waals surface area contributed by atoms with Crippen LogP contribution in [0.15, 0.2) is 24.3 Å². The van der Waals surface area contributed by atoms with E-state index in [2.05, 4.69) is 37.3 Å². The Morgan fingerprint density at radius 3 is 2.31 bits per heavy atom. The van der Waals surface area contributed by atoms with Gasteiger partial charge in [0, 0.05) is 0 Å². The van der Waals surface area contributed by atoms with Crippen LogP contribution >= 0.6 is 0 Å². The summed E-state index contributed by atoms with van der Waals surface area (Å²) in [6, 6.07) is 2.45. The Morgan fingerprint density at radius 1 is 1.06 bits per heavy atom. The van der Waals surface area contributed by atoms with Crippen LogP contribution in [0.2, 0.25) is 0 Å². The van der Waals surface area contributed by atoms with Crippen LogP contribution in [0.25, 0.3) is 0 Å². The number of nitriles is 1. The van der Waals surface area contributed by atoms with Crippen LogP contribution in [-0.2, 0) is 0 Å². The van der Waals surface area contributed by atoms with E-state index in [4.69, 9.17) is 0 Å². The third-order valence-electron chi connectivity index (χ3n) is 3.25. The van der Waals surface area contributed by atoms with E-state index in [-0.39, 0.29) is 5.41 Å². The maximum absolute atomic E-state index is 9.23. The van der Waals surface area contributed by atoms with Crippen LogP contribution < -0.4 is 0 Å². The van der Waals surface area contributed by atoms with E-state index < -0.39 is 0 Å². The fourth-order valence-electron chi connectivity index (χ4n) is 2.19. The van der Waals surface area contributed by atoms with Crippen LogP contribution in [-0.4, -0.2) is 0 Å². The number of allylic oxidation sites excluding steroid dienone is 4. The average Bonchev–Trinajstić information content (AvgIpc) is 2.35. The lowest BCUT2D eigenvalue weighted by Gasteiger charge is -2.20. The van der Waals surface area contributed by atoms with Crippen molar-refractivity contribution >= 4 is 0 Å². The summed E-state index contributed by atoms with van der Waals surface area (Å²) in [5.41, 5.74) is -0.289. The van der Waals surface area contributed by atoms with E-state index in [1.165, 1.54) is 38.5 Å². The van der Waals surface area contributed by atoms with E-state index in [1.807, 2.05) is 0 Å². The number of unbranched alkanes of at least 4 members (excludes halogenated alkanes) is 5. The first kappa shape index (κ1) is 13.0. The second kappa shape index (κ2) is 7.28. The zero-order valence-electron chi connectivity index (χ0n) is 10.4. The van der Waals surface area contributed by atoms with Gasteiger partial charge in [0.2, 0.25) is 0 Å². The predicted octanol–water partition coefficient (Wildman–Crippen LogP) is 4.76. The predicted molar refractivity (Wildman–Crippen MR) is 68.9 cm³/mol. The molecule has 0 radical (unpaired) electrons. The topological polar surface area (TPSA) is 23.8 Å². The van der Waals surface area contributed by atoms with Gasteiger partial charge in [0.05, 0.1) is 11.5 Å². The maximum atomic E-state index is 9.23. The monoisotopic (exact) mass is 217 g/mol. The summed E-state index contributed by atoms with van der Waals surface area (Å²) in [7, 11) is 0. The van der Waals surface area contributed by atoms with Crippen molar-refractivity contribution in [3.8, 4) is 6.07 Å². The van der Waals surface area contributed by atoms with Crippen molar-refractivity contribution in [3.63, 3.8) is 0 Å². The maximum Gasteiger partial charge on any atom is 0.0933 e. The molecule has 0 aromatic heterocycles. The van der Waals surface area contributed by atoms with Gasteiger partial charge in [-0.05, 0) is 12.8 Å². The van der Waals surface area contributed by atoms with Crippen LogP contribution in [0.1, 0.15) is 58.3 Å². The Kier molecular flexibility index (Phi) is 5.93. The quantitative estimate of drug-likeness (QED) is 0.445. The first-order valence-corrected chi connectivity index (χ1v) is 6.59. The molecule has 1 heteroatoms. The average molecular weight is 217 g/mol. The van der Waals surface area contributed by atoms with Gasteiger partial charge in [0.15, 0.2) is 0 Å². The zero-order valence-corrected chi connectivity index (χ0v) is 10.4. The molecule has 0 aromatic rings. The molecular formula is C15H23N. The van der Waals surface area contributed by atoms with Gasteiger partial charge in [0.25, 0.3) is 0 Å². The molecule has 0 atom stereocenters. The third-order valence-corrected chi connectivity index (χ3v) is 3.25. The lowest BCUT2D eigenvalue weighted by Crippen LogP contribution is -2.13. The van der Waals surface area contributed by atoms with Gasteiger partial charge < -0.3 is 0 Å². The molecular weight excluding hydrogens is 194 g/mol. The minimum Gasteiger partial charge on any atom is -0.197 e. The highest BCUT2D eigenvalue weighted by atomic mass is 14.3. The van der Waals surface area contributed by atoms with Crippen molar-refractivity contribution in [3.05, 3.63) is 24.3 Å². The van der Waals surface area contributed by atoms with E-state index in [0.717, 1.165) is 12.8 Å². The van der Waals surface area contributed by atoms with Gasteiger partial charge >= 0.3 is 0 Å². The molecule has 0 bridgehead atoms. The Labute approximate surface area is 99.9 Å². The summed E-state index contributed by atoms with van der Waals surface area (Å²) in [6.45, 7) is 2.24. The van der Waals surface area contributed by atoms with Crippen molar-refractivity contribution in [2.45, 2.75) is 58.3 Å². The molecule has 1 nitrogen and oxygen atoms in total. The number of rotatable bonds is 7.